The van der Waals surface area contributed by atoms with Gasteiger partial charge in [-0.2, -0.15) is 0 Å². The van der Waals surface area contributed by atoms with Gasteiger partial charge in [0.15, 0.2) is 6.23 Å². The molecule has 4 heteroatoms. The summed E-state index contributed by atoms with van der Waals surface area (Å²) in [6, 6.07) is 27.1. The average molecular weight is 345 g/mol. The van der Waals surface area contributed by atoms with Crippen LogP contribution in [0.1, 0.15) is 26.3 Å². The zero-order chi connectivity index (χ0) is 18.2. The van der Waals surface area contributed by atoms with Crippen LogP contribution in [0.4, 0.5) is 0 Å². The number of hydrogen-bond donors (Lipinski definition) is 1. The van der Waals surface area contributed by atoms with E-state index in [1.165, 1.54) is 0 Å². The van der Waals surface area contributed by atoms with E-state index >= 15 is 0 Å². The summed E-state index contributed by atoms with van der Waals surface area (Å²) in [4.78, 5) is 25.3. The first-order valence-corrected chi connectivity index (χ1v) is 8.35. The molecule has 0 aliphatic carbocycles. The van der Waals surface area contributed by atoms with Gasteiger partial charge in [0.05, 0.1) is 6.61 Å². The molecule has 0 aromatic heterocycles. The third-order valence-electron chi connectivity index (χ3n) is 3.85. The van der Waals surface area contributed by atoms with Crippen molar-refractivity contribution in [1.82, 2.24) is 5.32 Å². The van der Waals surface area contributed by atoms with Crippen LogP contribution in [0.5, 0.6) is 0 Å². The van der Waals surface area contributed by atoms with Crippen molar-refractivity contribution in [3.8, 4) is 0 Å². The lowest BCUT2D eigenvalue weighted by Crippen LogP contribution is -2.42. The molecule has 0 aliphatic rings. The highest BCUT2D eigenvalue weighted by atomic mass is 16.5. The van der Waals surface area contributed by atoms with Crippen molar-refractivity contribution < 1.29 is 14.3 Å². The lowest BCUT2D eigenvalue weighted by atomic mass is 10.1. The van der Waals surface area contributed by atoms with Crippen molar-refractivity contribution in [2.45, 2.75) is 12.8 Å². The van der Waals surface area contributed by atoms with Crippen molar-refractivity contribution >= 4 is 11.7 Å². The first kappa shape index (κ1) is 17.6. The van der Waals surface area contributed by atoms with Crippen LogP contribution >= 0.6 is 0 Å². The fourth-order valence-electron chi connectivity index (χ4n) is 2.48. The summed E-state index contributed by atoms with van der Waals surface area (Å²) < 4.78 is 5.76. The van der Waals surface area contributed by atoms with Gasteiger partial charge >= 0.3 is 0 Å². The molecule has 0 heterocycles. The zero-order valence-electron chi connectivity index (χ0n) is 14.2. The molecule has 3 rings (SSSR count). The van der Waals surface area contributed by atoms with Crippen LogP contribution in [0.25, 0.3) is 0 Å². The largest absolute Gasteiger partial charge is 0.346 e. The number of carbonyl (C=O) groups is 2. The van der Waals surface area contributed by atoms with Gasteiger partial charge < -0.3 is 10.1 Å². The smallest absolute Gasteiger partial charge is 0.253 e. The summed E-state index contributed by atoms with van der Waals surface area (Å²) in [6.45, 7) is 0.221. The molecule has 0 bridgehead atoms. The van der Waals surface area contributed by atoms with Gasteiger partial charge in [0.2, 0.25) is 5.78 Å². The molecule has 0 saturated carbocycles. The molecule has 1 N–H and O–H groups in total. The third kappa shape index (κ3) is 4.65. The molecule has 1 amide bonds. The molecule has 4 nitrogen and oxygen atoms in total. The van der Waals surface area contributed by atoms with Gasteiger partial charge in [-0.3, -0.25) is 9.59 Å². The monoisotopic (exact) mass is 345 g/mol. The number of benzene rings is 3. The van der Waals surface area contributed by atoms with E-state index in [-0.39, 0.29) is 18.3 Å². The molecule has 0 unspecified atom stereocenters. The minimum atomic E-state index is -1.06. The standard InChI is InChI=1S/C22H19NO3/c24-20(18-12-6-2-7-13-18)22(26-16-17-10-4-1-5-11-17)23-21(25)19-14-8-3-9-15-19/h1-15,22H,16H2,(H,23,25)/t22-/m1/s1. The molecule has 0 fully saturated rings. The van der Waals surface area contributed by atoms with Gasteiger partial charge in [-0.05, 0) is 17.7 Å². The molecule has 1 atom stereocenters. The highest BCUT2D eigenvalue weighted by Gasteiger charge is 2.23. The number of nitrogens with one attached hydrogen (secondary N) is 1. The van der Waals surface area contributed by atoms with E-state index in [1.54, 1.807) is 48.5 Å². The summed E-state index contributed by atoms with van der Waals surface area (Å²) in [6.07, 6.45) is -1.06. The van der Waals surface area contributed by atoms with Crippen LogP contribution in [0, 0.1) is 0 Å². The molecule has 26 heavy (non-hydrogen) atoms. The number of Topliss-reactive ketones (excluding diaryl/α,β-unsaturated/α-hetero) is 1. The van der Waals surface area contributed by atoms with Gasteiger partial charge in [-0.15, -0.1) is 0 Å². The molecular formula is C22H19NO3. The van der Waals surface area contributed by atoms with Gasteiger partial charge in [0.1, 0.15) is 0 Å². The quantitative estimate of drug-likeness (QED) is 0.523. The second-order valence-corrected chi connectivity index (χ2v) is 5.75. The number of ketones is 1. The fraction of sp³-hybridized carbons (Fsp3) is 0.0909. The Morgan fingerprint density at radius 3 is 1.81 bits per heavy atom. The van der Waals surface area contributed by atoms with Gasteiger partial charge in [0.25, 0.3) is 5.91 Å². The molecule has 0 radical (unpaired) electrons. The van der Waals surface area contributed by atoms with E-state index in [9.17, 15) is 9.59 Å². The zero-order valence-corrected chi connectivity index (χ0v) is 14.2. The molecular weight excluding hydrogens is 326 g/mol. The van der Waals surface area contributed by atoms with E-state index in [0.717, 1.165) is 5.56 Å². The Bertz CT molecular complexity index is 848. The maximum absolute atomic E-state index is 12.8. The van der Waals surface area contributed by atoms with Crippen LogP contribution in [-0.4, -0.2) is 17.9 Å². The Balaban J connectivity index is 1.76. The maximum atomic E-state index is 12.8. The summed E-state index contributed by atoms with van der Waals surface area (Å²) >= 11 is 0. The normalized spacial score (nSPS) is 11.5. The van der Waals surface area contributed by atoms with Crippen molar-refractivity contribution in [2.75, 3.05) is 0 Å². The number of carbonyl (C=O) groups excluding carboxylic acids is 2. The summed E-state index contributed by atoms with van der Waals surface area (Å²) in [5, 5.41) is 2.69. The predicted octanol–water partition coefficient (Wildman–Crippen LogP) is 3.84. The van der Waals surface area contributed by atoms with Crippen molar-refractivity contribution in [1.29, 1.82) is 0 Å². The number of amides is 1. The Hall–Kier alpha value is -3.24. The van der Waals surface area contributed by atoms with E-state index < -0.39 is 6.23 Å². The minimum Gasteiger partial charge on any atom is -0.346 e. The fourth-order valence-corrected chi connectivity index (χ4v) is 2.48. The average Bonchev–Trinajstić information content (AvgIpc) is 2.72. The van der Waals surface area contributed by atoms with E-state index in [2.05, 4.69) is 5.32 Å². The number of hydrogen-bond acceptors (Lipinski definition) is 3. The van der Waals surface area contributed by atoms with Crippen LogP contribution in [0.3, 0.4) is 0 Å². The minimum absolute atomic E-state index is 0.221. The lowest BCUT2D eigenvalue weighted by Gasteiger charge is -2.18. The van der Waals surface area contributed by atoms with Crippen molar-refractivity contribution in [3.05, 3.63) is 108 Å². The van der Waals surface area contributed by atoms with Crippen LogP contribution in [-0.2, 0) is 11.3 Å². The topological polar surface area (TPSA) is 55.4 Å². The predicted molar refractivity (Wildman–Crippen MR) is 99.7 cm³/mol. The third-order valence-corrected chi connectivity index (χ3v) is 3.85. The lowest BCUT2D eigenvalue weighted by molar-refractivity contribution is 0.0190. The van der Waals surface area contributed by atoms with Gasteiger partial charge in [-0.25, -0.2) is 0 Å². The van der Waals surface area contributed by atoms with Crippen LogP contribution < -0.4 is 5.32 Å². The molecule has 0 spiro atoms. The first-order chi connectivity index (χ1) is 12.7. The Morgan fingerprint density at radius 1 is 0.731 bits per heavy atom. The second kappa shape index (κ2) is 8.74. The Morgan fingerprint density at radius 2 is 1.23 bits per heavy atom. The molecule has 3 aromatic rings. The number of rotatable bonds is 7. The van der Waals surface area contributed by atoms with E-state index in [0.29, 0.717) is 11.1 Å². The Labute approximate surface area is 152 Å². The van der Waals surface area contributed by atoms with Crippen LogP contribution in [0.2, 0.25) is 0 Å². The summed E-state index contributed by atoms with van der Waals surface area (Å²) in [5.41, 5.74) is 1.88. The summed E-state index contributed by atoms with van der Waals surface area (Å²) in [5.74, 6) is -0.640. The van der Waals surface area contributed by atoms with Crippen molar-refractivity contribution in [3.63, 3.8) is 0 Å². The highest BCUT2D eigenvalue weighted by Crippen LogP contribution is 2.09. The van der Waals surface area contributed by atoms with E-state index in [4.69, 9.17) is 4.74 Å². The SMILES string of the molecule is O=C(N[C@H](OCc1ccccc1)C(=O)c1ccccc1)c1ccccc1. The van der Waals surface area contributed by atoms with Gasteiger partial charge in [0, 0.05) is 11.1 Å². The molecule has 3 aromatic carbocycles. The Kier molecular flexibility index (Phi) is 5.91. The second-order valence-electron chi connectivity index (χ2n) is 5.75. The van der Waals surface area contributed by atoms with E-state index in [1.807, 2.05) is 42.5 Å². The molecule has 0 aliphatic heterocycles. The van der Waals surface area contributed by atoms with Crippen molar-refractivity contribution in [2.24, 2.45) is 0 Å². The maximum Gasteiger partial charge on any atom is 0.253 e. The molecule has 130 valence electrons. The first-order valence-electron chi connectivity index (χ1n) is 8.35. The number of ether oxygens (including phenoxy) is 1. The summed E-state index contributed by atoms with van der Waals surface area (Å²) in [7, 11) is 0. The van der Waals surface area contributed by atoms with Gasteiger partial charge in [-0.1, -0.05) is 78.9 Å². The highest BCUT2D eigenvalue weighted by molar-refractivity contribution is 6.03. The van der Waals surface area contributed by atoms with Crippen LogP contribution in [0.15, 0.2) is 91.0 Å². The molecule has 0 saturated heterocycles.